The van der Waals surface area contributed by atoms with Crippen molar-refractivity contribution < 1.29 is 53.7 Å². The Morgan fingerprint density at radius 2 is 1.08 bits per heavy atom. The Bertz CT molecular complexity index is 2280. The summed E-state index contributed by atoms with van der Waals surface area (Å²) in [5.41, 5.74) is 19.0. The van der Waals surface area contributed by atoms with Gasteiger partial charge in [-0.25, -0.2) is 4.79 Å². The summed E-state index contributed by atoms with van der Waals surface area (Å²) in [6, 6.07) is 13.5. The third kappa shape index (κ3) is 21.2. The molecule has 0 aliphatic rings. The second-order valence-corrected chi connectivity index (χ2v) is 17.6. The number of benzene rings is 3. The number of carboxylic acid groups (broad SMARTS) is 1. The molecular formula is C49H69N11O11. The molecule has 0 saturated carbocycles. The van der Waals surface area contributed by atoms with Crippen LogP contribution in [0.15, 0.2) is 83.9 Å². The predicted molar refractivity (Wildman–Crippen MR) is 264 cm³/mol. The van der Waals surface area contributed by atoms with E-state index in [-0.39, 0.29) is 68.4 Å². The van der Waals surface area contributed by atoms with Crippen LogP contribution in [-0.4, -0.2) is 124 Å². The number of guanidine groups is 1. The van der Waals surface area contributed by atoms with Gasteiger partial charge in [-0.3, -0.25) is 38.6 Å². The van der Waals surface area contributed by atoms with E-state index >= 15 is 0 Å². The summed E-state index contributed by atoms with van der Waals surface area (Å²) < 4.78 is 0. The van der Waals surface area contributed by atoms with Gasteiger partial charge >= 0.3 is 5.97 Å². The molecule has 0 radical (unpaired) electrons. The minimum atomic E-state index is -1.28. The zero-order chi connectivity index (χ0) is 52.6. The van der Waals surface area contributed by atoms with Crippen LogP contribution in [0.25, 0.3) is 0 Å². The fourth-order valence-electron chi connectivity index (χ4n) is 7.13. The maximum Gasteiger partial charge on any atom is 0.326 e. The molecule has 0 spiro atoms. The van der Waals surface area contributed by atoms with Crippen molar-refractivity contribution in [2.24, 2.45) is 34.0 Å². The molecule has 0 aliphatic heterocycles. The maximum atomic E-state index is 14.1. The average molecular weight is 988 g/mol. The molecule has 16 N–H and O–H groups in total. The molecular weight excluding hydrogens is 919 g/mol. The normalized spacial score (nSPS) is 13.9. The Kier molecular flexibility index (Phi) is 23.8. The molecule has 0 aliphatic carbocycles. The minimum absolute atomic E-state index is 0.00114. The Hall–Kier alpha value is -7.75. The first-order valence-electron chi connectivity index (χ1n) is 23.3. The van der Waals surface area contributed by atoms with Crippen LogP contribution in [0.1, 0.15) is 70.1 Å². The van der Waals surface area contributed by atoms with Gasteiger partial charge in [-0.05, 0) is 78.5 Å². The Morgan fingerprint density at radius 3 is 1.63 bits per heavy atom. The van der Waals surface area contributed by atoms with Crippen LogP contribution in [0.2, 0.25) is 0 Å². The van der Waals surface area contributed by atoms with Crippen LogP contribution in [0.4, 0.5) is 0 Å². The van der Waals surface area contributed by atoms with Gasteiger partial charge in [0.05, 0.1) is 19.1 Å². The van der Waals surface area contributed by atoms with Crippen molar-refractivity contribution in [2.75, 3.05) is 19.6 Å². The maximum absolute atomic E-state index is 14.1. The summed E-state index contributed by atoms with van der Waals surface area (Å²) in [4.78, 5) is 111. The van der Waals surface area contributed by atoms with Gasteiger partial charge < -0.3 is 69.7 Å². The van der Waals surface area contributed by atoms with E-state index in [1.165, 1.54) is 24.3 Å². The fraction of sp³-hybridized carbons (Fsp3) is 0.449. The predicted octanol–water partition coefficient (Wildman–Crippen LogP) is -0.660. The van der Waals surface area contributed by atoms with Gasteiger partial charge in [0.25, 0.3) is 0 Å². The molecule has 71 heavy (non-hydrogen) atoms. The highest BCUT2D eigenvalue weighted by molar-refractivity contribution is 5.96. The number of phenolic OH excluding ortho intramolecular Hbond substituents is 2. The molecule has 22 nitrogen and oxygen atoms in total. The number of carbonyl (C=O) groups is 8. The summed E-state index contributed by atoms with van der Waals surface area (Å²) in [6.07, 6.45) is 0.746. The molecule has 0 bridgehead atoms. The van der Waals surface area contributed by atoms with Crippen molar-refractivity contribution >= 4 is 53.3 Å². The molecule has 7 amide bonds. The van der Waals surface area contributed by atoms with Gasteiger partial charge in [0.15, 0.2) is 5.96 Å². The van der Waals surface area contributed by atoms with Crippen molar-refractivity contribution in [1.29, 1.82) is 0 Å². The molecule has 0 unspecified atom stereocenters. The summed E-state index contributed by atoms with van der Waals surface area (Å²) in [5.74, 6) is -7.30. The van der Waals surface area contributed by atoms with Gasteiger partial charge in [-0.1, -0.05) is 88.7 Å². The number of rotatable bonds is 29. The third-order valence-corrected chi connectivity index (χ3v) is 11.2. The van der Waals surface area contributed by atoms with E-state index in [1.54, 1.807) is 68.4 Å². The van der Waals surface area contributed by atoms with E-state index < -0.39 is 103 Å². The molecule has 3 aromatic rings. The van der Waals surface area contributed by atoms with Gasteiger partial charge in [-0.2, -0.15) is 0 Å². The molecule has 3 aromatic carbocycles. The quantitative estimate of drug-likeness (QED) is 0.0233. The number of carboxylic acids is 1. The van der Waals surface area contributed by atoms with Crippen molar-refractivity contribution in [3.63, 3.8) is 0 Å². The standard InChI is InChI=1S/C49H69N11O11/c1-5-29(4)42(47(69)58-38(24-30-10-7-6-8-11-30)46(68)59-39(48(70)71)22-28(2)3)60-45(67)36(12-9-21-53-49(51)52)56-41(64)27-54-40(63)26-55-44(66)37(25-32-15-19-34(62)20-16-32)57-43(65)35(50)23-31-13-17-33(61)18-14-31/h6-8,10-11,13-20,28-29,35-39,42,61-62H,5,9,12,21-27,50H2,1-4H3,(H,54,63)(H,55,66)(H,56,64)(H,57,65)(H,58,69)(H,59,68)(H,60,67)(H,70,71)(H4,51,52,53)/t29-,35-,36-,37-,38-,39-,42-/m0/s1. The largest absolute Gasteiger partial charge is 0.508 e. The molecule has 3 rings (SSSR count). The summed E-state index contributed by atoms with van der Waals surface area (Å²) in [6.45, 7) is 5.92. The number of nitrogens with two attached hydrogens (primary N) is 3. The lowest BCUT2D eigenvalue weighted by molar-refractivity contribution is -0.143. The highest BCUT2D eigenvalue weighted by Crippen LogP contribution is 2.15. The SMILES string of the molecule is CC[C@H](C)[C@H](NC(=O)[C@H](CCCN=C(N)N)NC(=O)CNC(=O)CNC(=O)[C@H](Cc1ccc(O)cc1)NC(=O)[C@@H](N)Cc1ccc(O)cc1)C(=O)N[C@@H](Cc1ccccc1)C(=O)N[C@@H](CC(C)C)C(=O)O. The lowest BCUT2D eigenvalue weighted by Gasteiger charge is -2.29. The lowest BCUT2D eigenvalue weighted by atomic mass is 9.96. The molecule has 0 heterocycles. The topological polar surface area (TPSA) is 372 Å². The second kappa shape index (κ2) is 29.3. The van der Waals surface area contributed by atoms with Crippen molar-refractivity contribution in [3.8, 4) is 11.5 Å². The fourth-order valence-corrected chi connectivity index (χ4v) is 7.13. The highest BCUT2D eigenvalue weighted by atomic mass is 16.4. The van der Waals surface area contributed by atoms with Crippen molar-refractivity contribution in [2.45, 2.75) is 109 Å². The number of phenols is 2. The van der Waals surface area contributed by atoms with Gasteiger partial charge in [-0.15, -0.1) is 0 Å². The first kappa shape index (κ1) is 57.6. The van der Waals surface area contributed by atoms with Crippen molar-refractivity contribution in [1.82, 2.24) is 37.2 Å². The number of amides is 7. The minimum Gasteiger partial charge on any atom is -0.508 e. The van der Waals surface area contributed by atoms with Crippen LogP contribution in [0, 0.1) is 11.8 Å². The molecule has 0 fully saturated rings. The second-order valence-electron chi connectivity index (χ2n) is 17.6. The van der Waals surface area contributed by atoms with E-state index in [0.717, 1.165) is 0 Å². The van der Waals surface area contributed by atoms with Crippen LogP contribution >= 0.6 is 0 Å². The number of aromatic hydroxyl groups is 2. The lowest BCUT2D eigenvalue weighted by Crippen LogP contribution is -2.60. The van der Waals surface area contributed by atoms with Gasteiger partial charge in [0.2, 0.25) is 41.4 Å². The molecule has 7 atom stereocenters. The zero-order valence-corrected chi connectivity index (χ0v) is 40.5. The average Bonchev–Trinajstić information content (AvgIpc) is 3.32. The number of carbonyl (C=O) groups excluding carboxylic acids is 7. The number of nitrogens with zero attached hydrogens (tertiary/aromatic N) is 1. The molecule has 0 aromatic heterocycles. The first-order chi connectivity index (χ1) is 33.6. The van der Waals surface area contributed by atoms with Crippen LogP contribution in [0.5, 0.6) is 11.5 Å². The molecule has 22 heteroatoms. The Labute approximate surface area is 412 Å². The number of nitrogens with one attached hydrogen (secondary N) is 7. The number of aliphatic carboxylic acids is 1. The van der Waals surface area contributed by atoms with E-state index in [9.17, 15) is 53.7 Å². The van der Waals surface area contributed by atoms with Crippen LogP contribution in [-0.2, 0) is 57.6 Å². The number of aliphatic imine (C=N–C) groups is 1. The van der Waals surface area contributed by atoms with Crippen LogP contribution < -0.4 is 54.4 Å². The van der Waals surface area contributed by atoms with Gasteiger partial charge in [0, 0.05) is 19.4 Å². The van der Waals surface area contributed by atoms with Crippen LogP contribution in [0.3, 0.4) is 0 Å². The number of hydrogen-bond acceptors (Lipinski definition) is 12. The highest BCUT2D eigenvalue weighted by Gasteiger charge is 2.34. The first-order valence-corrected chi connectivity index (χ1v) is 23.3. The van der Waals surface area contributed by atoms with E-state index in [0.29, 0.717) is 23.1 Å². The Morgan fingerprint density at radius 1 is 0.577 bits per heavy atom. The Balaban J connectivity index is 1.71. The zero-order valence-electron chi connectivity index (χ0n) is 40.5. The smallest absolute Gasteiger partial charge is 0.326 e. The molecule has 386 valence electrons. The monoisotopic (exact) mass is 988 g/mol. The number of hydrogen-bond donors (Lipinski definition) is 13. The van der Waals surface area contributed by atoms with E-state index in [4.69, 9.17) is 17.2 Å². The summed E-state index contributed by atoms with van der Waals surface area (Å²) in [7, 11) is 0. The van der Waals surface area contributed by atoms with E-state index in [2.05, 4.69) is 42.2 Å². The van der Waals surface area contributed by atoms with Gasteiger partial charge in [0.1, 0.15) is 41.7 Å². The van der Waals surface area contributed by atoms with Crippen molar-refractivity contribution in [3.05, 3.63) is 95.6 Å². The summed E-state index contributed by atoms with van der Waals surface area (Å²) >= 11 is 0. The van der Waals surface area contributed by atoms with E-state index in [1.807, 2.05) is 13.8 Å². The summed E-state index contributed by atoms with van der Waals surface area (Å²) in [5, 5.41) is 47.1. The third-order valence-electron chi connectivity index (χ3n) is 11.2. The molecule has 0 saturated heterocycles.